The molecule has 8 nitrogen and oxygen atoms in total. The molecule has 0 aliphatic heterocycles. The summed E-state index contributed by atoms with van der Waals surface area (Å²) < 4.78 is 2.12. The number of primary amides is 1. The molecule has 1 atom stereocenters. The van der Waals surface area contributed by atoms with Crippen molar-refractivity contribution >= 4 is 56.2 Å². The number of para-hydroxylation sites is 1. The van der Waals surface area contributed by atoms with Gasteiger partial charge in [-0.1, -0.05) is 53.0 Å². The van der Waals surface area contributed by atoms with Crippen molar-refractivity contribution in [1.29, 1.82) is 0 Å². The molecule has 4 rings (SSSR count). The summed E-state index contributed by atoms with van der Waals surface area (Å²) in [5, 5.41) is 9.05. The van der Waals surface area contributed by atoms with Crippen LogP contribution in [0.25, 0.3) is 10.9 Å². The van der Waals surface area contributed by atoms with Crippen molar-refractivity contribution in [3.63, 3.8) is 0 Å². The van der Waals surface area contributed by atoms with E-state index in [0.29, 0.717) is 34.6 Å². The number of carbonyl (C=O) groups is 3. The van der Waals surface area contributed by atoms with E-state index in [2.05, 4.69) is 31.9 Å². The zero-order chi connectivity index (χ0) is 22.0. The van der Waals surface area contributed by atoms with Gasteiger partial charge in [0.2, 0.25) is 5.91 Å². The van der Waals surface area contributed by atoms with Gasteiger partial charge < -0.3 is 21.7 Å². The maximum atomic E-state index is 12.8. The van der Waals surface area contributed by atoms with Crippen LogP contribution in [0, 0.1) is 5.92 Å². The topological polar surface area (TPSA) is 118 Å². The molecule has 1 aromatic heterocycles. The second-order valence-electron chi connectivity index (χ2n) is 7.60. The standard InChI is InChI=1S/C22H22BrN5O3/c23-14-4-3-5-15(11-14)25-20(29)17(10-13-8-9-13)26-22(31)27-18-12-28(21(24)30)19-7-2-1-6-16(18)19/h1-7,11-13,17H,8-10H2,(H2,24,30)(H,25,29)(H2,26,27,31)/t17-/m0/s1. The van der Waals surface area contributed by atoms with Crippen molar-refractivity contribution in [2.24, 2.45) is 11.7 Å². The number of aromatic nitrogens is 1. The average Bonchev–Trinajstić information content (AvgIpc) is 3.47. The molecule has 1 fully saturated rings. The number of benzene rings is 2. The molecule has 0 unspecified atom stereocenters. The molecule has 1 aliphatic rings. The van der Waals surface area contributed by atoms with E-state index in [0.717, 1.165) is 17.3 Å². The minimum atomic E-state index is -0.684. The van der Waals surface area contributed by atoms with Crippen LogP contribution in [0.4, 0.5) is 21.0 Å². The van der Waals surface area contributed by atoms with Gasteiger partial charge >= 0.3 is 12.1 Å². The second-order valence-corrected chi connectivity index (χ2v) is 8.51. The Morgan fingerprint density at radius 3 is 2.58 bits per heavy atom. The van der Waals surface area contributed by atoms with E-state index in [9.17, 15) is 14.4 Å². The molecule has 3 aromatic rings. The number of halogens is 1. The van der Waals surface area contributed by atoms with Crippen molar-refractivity contribution in [1.82, 2.24) is 9.88 Å². The van der Waals surface area contributed by atoms with Crippen molar-refractivity contribution in [2.75, 3.05) is 10.6 Å². The highest BCUT2D eigenvalue weighted by Gasteiger charge is 2.30. The number of nitrogens with one attached hydrogen (secondary N) is 3. The minimum Gasteiger partial charge on any atom is -0.351 e. The van der Waals surface area contributed by atoms with Gasteiger partial charge in [0.25, 0.3) is 0 Å². The number of rotatable bonds is 6. The number of anilines is 2. The van der Waals surface area contributed by atoms with Crippen LogP contribution in [0.5, 0.6) is 0 Å². The van der Waals surface area contributed by atoms with Gasteiger partial charge in [0.15, 0.2) is 0 Å². The molecule has 31 heavy (non-hydrogen) atoms. The third kappa shape index (κ3) is 5.05. The molecule has 0 spiro atoms. The summed E-state index contributed by atoms with van der Waals surface area (Å²) in [7, 11) is 0. The molecule has 160 valence electrons. The Morgan fingerprint density at radius 1 is 1.10 bits per heavy atom. The molecule has 5 N–H and O–H groups in total. The van der Waals surface area contributed by atoms with E-state index >= 15 is 0 Å². The Kier molecular flexibility index (Phi) is 5.94. The predicted molar refractivity (Wildman–Crippen MR) is 123 cm³/mol. The summed E-state index contributed by atoms with van der Waals surface area (Å²) in [6, 6.07) is 12.5. The van der Waals surface area contributed by atoms with Gasteiger partial charge in [-0.3, -0.25) is 9.36 Å². The van der Waals surface area contributed by atoms with Crippen LogP contribution in [-0.4, -0.2) is 28.6 Å². The third-order valence-corrected chi connectivity index (χ3v) is 5.67. The maximum absolute atomic E-state index is 12.8. The third-order valence-electron chi connectivity index (χ3n) is 5.18. The van der Waals surface area contributed by atoms with Crippen LogP contribution in [0.15, 0.2) is 59.2 Å². The molecular weight excluding hydrogens is 462 g/mol. The SMILES string of the molecule is NC(=O)n1cc(NC(=O)N[C@@H](CC2CC2)C(=O)Nc2cccc(Br)c2)c2ccccc21. The molecule has 1 heterocycles. The summed E-state index contributed by atoms with van der Waals surface area (Å²) in [4.78, 5) is 37.3. The summed E-state index contributed by atoms with van der Waals surface area (Å²) in [6.45, 7) is 0. The van der Waals surface area contributed by atoms with Gasteiger partial charge in [0, 0.05) is 21.7 Å². The first-order chi connectivity index (χ1) is 14.9. The van der Waals surface area contributed by atoms with Crippen LogP contribution < -0.4 is 21.7 Å². The number of amides is 4. The van der Waals surface area contributed by atoms with Gasteiger partial charge in [-0.05, 0) is 36.6 Å². The van der Waals surface area contributed by atoms with E-state index in [-0.39, 0.29) is 5.91 Å². The summed E-state index contributed by atoms with van der Waals surface area (Å²) in [5.74, 6) is 0.148. The highest BCUT2D eigenvalue weighted by atomic mass is 79.9. The normalized spacial score (nSPS) is 14.1. The van der Waals surface area contributed by atoms with Crippen molar-refractivity contribution in [3.8, 4) is 0 Å². The van der Waals surface area contributed by atoms with Gasteiger partial charge in [0.05, 0.1) is 11.2 Å². The number of urea groups is 1. The highest BCUT2D eigenvalue weighted by Crippen LogP contribution is 2.34. The van der Waals surface area contributed by atoms with Crippen molar-refractivity contribution in [2.45, 2.75) is 25.3 Å². The van der Waals surface area contributed by atoms with Gasteiger partial charge in [-0.25, -0.2) is 9.59 Å². The monoisotopic (exact) mass is 483 g/mol. The maximum Gasteiger partial charge on any atom is 0.323 e. The molecule has 0 radical (unpaired) electrons. The first kappa shape index (κ1) is 20.9. The van der Waals surface area contributed by atoms with Gasteiger partial charge in [-0.2, -0.15) is 0 Å². The summed E-state index contributed by atoms with van der Waals surface area (Å²) >= 11 is 3.38. The van der Waals surface area contributed by atoms with Gasteiger partial charge in [-0.15, -0.1) is 0 Å². The van der Waals surface area contributed by atoms with Crippen LogP contribution in [0.2, 0.25) is 0 Å². The zero-order valence-electron chi connectivity index (χ0n) is 16.6. The van der Waals surface area contributed by atoms with Gasteiger partial charge in [0.1, 0.15) is 6.04 Å². The quantitative estimate of drug-likeness (QED) is 0.419. The summed E-state index contributed by atoms with van der Waals surface area (Å²) in [5.41, 5.74) is 7.10. The van der Waals surface area contributed by atoms with Crippen LogP contribution >= 0.6 is 15.9 Å². The minimum absolute atomic E-state index is 0.278. The second kappa shape index (κ2) is 8.81. The Morgan fingerprint density at radius 2 is 1.87 bits per heavy atom. The van der Waals surface area contributed by atoms with E-state index in [1.54, 1.807) is 36.4 Å². The molecular formula is C22H22BrN5O3. The number of hydrogen-bond acceptors (Lipinski definition) is 3. The lowest BCUT2D eigenvalue weighted by Gasteiger charge is -2.19. The predicted octanol–water partition coefficient (Wildman–Crippen LogP) is 4.26. The highest BCUT2D eigenvalue weighted by molar-refractivity contribution is 9.10. The lowest BCUT2D eigenvalue weighted by Crippen LogP contribution is -2.45. The number of carbonyl (C=O) groups excluding carboxylic acids is 3. The Hall–Kier alpha value is -3.33. The van der Waals surface area contributed by atoms with Crippen LogP contribution in [-0.2, 0) is 4.79 Å². The largest absolute Gasteiger partial charge is 0.351 e. The fraction of sp³-hybridized carbons (Fsp3) is 0.227. The molecule has 4 amide bonds. The Labute approximate surface area is 187 Å². The van der Waals surface area contributed by atoms with E-state index in [4.69, 9.17) is 5.73 Å². The Bertz CT molecular complexity index is 1160. The van der Waals surface area contributed by atoms with E-state index < -0.39 is 18.1 Å². The molecule has 9 heteroatoms. The molecule has 2 aromatic carbocycles. The molecule has 0 saturated heterocycles. The molecule has 1 saturated carbocycles. The first-order valence-electron chi connectivity index (χ1n) is 9.94. The molecule has 0 bridgehead atoms. The van der Waals surface area contributed by atoms with E-state index in [1.165, 1.54) is 10.8 Å². The lowest BCUT2D eigenvalue weighted by molar-refractivity contribution is -0.118. The number of nitrogens with two attached hydrogens (primary N) is 1. The van der Waals surface area contributed by atoms with Crippen LogP contribution in [0.1, 0.15) is 19.3 Å². The first-order valence-corrected chi connectivity index (χ1v) is 10.7. The average molecular weight is 484 g/mol. The van der Waals surface area contributed by atoms with Crippen molar-refractivity contribution < 1.29 is 14.4 Å². The lowest BCUT2D eigenvalue weighted by atomic mass is 10.1. The molecule has 1 aliphatic carbocycles. The fourth-order valence-corrected chi connectivity index (χ4v) is 3.89. The zero-order valence-corrected chi connectivity index (χ0v) is 18.2. The van der Waals surface area contributed by atoms with Crippen molar-refractivity contribution in [3.05, 3.63) is 59.2 Å². The number of hydrogen-bond donors (Lipinski definition) is 4. The smallest absolute Gasteiger partial charge is 0.323 e. The summed E-state index contributed by atoms with van der Waals surface area (Å²) in [6.07, 6.45) is 4.15. The fourth-order valence-electron chi connectivity index (χ4n) is 3.49. The Balaban J connectivity index is 1.49. The van der Waals surface area contributed by atoms with E-state index in [1.807, 2.05) is 12.1 Å². The number of fused-ring (bicyclic) bond motifs is 1. The number of nitrogens with zero attached hydrogens (tertiary/aromatic N) is 1. The van der Waals surface area contributed by atoms with Crippen LogP contribution in [0.3, 0.4) is 0 Å².